The second kappa shape index (κ2) is 6.45. The molecule has 0 radical (unpaired) electrons. The summed E-state index contributed by atoms with van der Waals surface area (Å²) in [7, 11) is 0. The largest absolute Gasteiger partial charge is 0.573 e. The molecule has 1 atom stereocenters. The van der Waals surface area contributed by atoms with Gasteiger partial charge in [-0.2, -0.15) is 0 Å². The minimum Gasteiger partial charge on any atom is -0.406 e. The average Bonchev–Trinajstić information content (AvgIpc) is 2.55. The predicted molar refractivity (Wildman–Crippen MR) is 70.2 cm³/mol. The Bertz CT molecular complexity index is 419. The molecule has 1 aromatic carbocycles. The standard InChI is InChI=1S/C14H19F3N2O/c15-14(16,17)20-13-5-3-11(4-6-13)10-19-8-1-2-12(18)7-9-19/h3-6,12H,1-2,7-10,18H2/t12-/m0/s1. The molecule has 0 spiro atoms. The molecule has 112 valence electrons. The molecule has 0 aliphatic carbocycles. The number of rotatable bonds is 3. The van der Waals surface area contributed by atoms with E-state index in [1.807, 2.05) is 0 Å². The van der Waals surface area contributed by atoms with E-state index in [1.165, 1.54) is 12.1 Å². The van der Waals surface area contributed by atoms with Crippen molar-refractivity contribution in [3.8, 4) is 5.75 Å². The maximum absolute atomic E-state index is 12.1. The third-order valence-electron chi connectivity index (χ3n) is 3.43. The summed E-state index contributed by atoms with van der Waals surface area (Å²) in [4.78, 5) is 2.28. The fraction of sp³-hybridized carbons (Fsp3) is 0.571. The fourth-order valence-electron chi connectivity index (χ4n) is 2.39. The van der Waals surface area contributed by atoms with Crippen molar-refractivity contribution < 1.29 is 17.9 Å². The molecule has 20 heavy (non-hydrogen) atoms. The molecular formula is C14H19F3N2O. The van der Waals surface area contributed by atoms with Gasteiger partial charge in [-0.05, 0) is 50.0 Å². The van der Waals surface area contributed by atoms with E-state index in [0.717, 1.165) is 44.5 Å². The van der Waals surface area contributed by atoms with Crippen LogP contribution >= 0.6 is 0 Å². The molecule has 3 nitrogen and oxygen atoms in total. The second-order valence-corrected chi connectivity index (χ2v) is 5.16. The number of halogens is 3. The number of alkyl halides is 3. The molecule has 2 N–H and O–H groups in total. The highest BCUT2D eigenvalue weighted by molar-refractivity contribution is 5.27. The van der Waals surface area contributed by atoms with Crippen LogP contribution < -0.4 is 10.5 Å². The molecule has 6 heteroatoms. The first-order valence-electron chi connectivity index (χ1n) is 6.75. The molecule has 1 aliphatic rings. The molecule has 1 aromatic rings. The Labute approximate surface area is 116 Å². The zero-order valence-electron chi connectivity index (χ0n) is 11.2. The summed E-state index contributed by atoms with van der Waals surface area (Å²) in [6, 6.07) is 6.32. The van der Waals surface area contributed by atoms with Crippen LogP contribution in [-0.4, -0.2) is 30.4 Å². The van der Waals surface area contributed by atoms with Crippen LogP contribution in [-0.2, 0) is 6.54 Å². The number of hydrogen-bond acceptors (Lipinski definition) is 3. The number of likely N-dealkylation sites (tertiary alicyclic amines) is 1. The minimum absolute atomic E-state index is 0.181. The highest BCUT2D eigenvalue weighted by Gasteiger charge is 2.30. The lowest BCUT2D eigenvalue weighted by molar-refractivity contribution is -0.274. The number of ether oxygens (including phenoxy) is 1. The molecule has 0 amide bonds. The van der Waals surface area contributed by atoms with E-state index in [-0.39, 0.29) is 11.8 Å². The summed E-state index contributed by atoms with van der Waals surface area (Å²) >= 11 is 0. The van der Waals surface area contributed by atoms with Crippen molar-refractivity contribution >= 4 is 0 Å². The van der Waals surface area contributed by atoms with Crippen molar-refractivity contribution in [2.75, 3.05) is 13.1 Å². The van der Waals surface area contributed by atoms with Gasteiger partial charge in [0.05, 0.1) is 0 Å². The van der Waals surface area contributed by atoms with E-state index >= 15 is 0 Å². The summed E-state index contributed by atoms with van der Waals surface area (Å²) in [5, 5.41) is 0. The maximum atomic E-state index is 12.1. The first-order valence-corrected chi connectivity index (χ1v) is 6.75. The predicted octanol–water partition coefficient (Wildman–Crippen LogP) is 2.90. The molecule has 0 aromatic heterocycles. The molecule has 1 heterocycles. The summed E-state index contributed by atoms with van der Waals surface area (Å²) in [5.41, 5.74) is 6.90. The Kier molecular flexibility index (Phi) is 4.88. The van der Waals surface area contributed by atoms with Gasteiger partial charge in [0.25, 0.3) is 0 Å². The van der Waals surface area contributed by atoms with Gasteiger partial charge in [-0.3, -0.25) is 4.90 Å². The van der Waals surface area contributed by atoms with Crippen LogP contribution in [0.25, 0.3) is 0 Å². The van der Waals surface area contributed by atoms with Crippen molar-refractivity contribution in [2.45, 2.75) is 38.2 Å². The molecule has 0 bridgehead atoms. The lowest BCUT2D eigenvalue weighted by Gasteiger charge is -2.20. The number of nitrogens with two attached hydrogens (primary N) is 1. The van der Waals surface area contributed by atoms with Crippen molar-refractivity contribution in [1.29, 1.82) is 0 Å². The van der Waals surface area contributed by atoms with E-state index in [0.29, 0.717) is 0 Å². The number of nitrogens with zero attached hydrogens (tertiary/aromatic N) is 1. The third-order valence-corrected chi connectivity index (χ3v) is 3.43. The molecule has 1 aliphatic heterocycles. The van der Waals surface area contributed by atoms with Crippen LogP contribution in [0.1, 0.15) is 24.8 Å². The van der Waals surface area contributed by atoms with E-state index in [4.69, 9.17) is 5.73 Å². The zero-order valence-corrected chi connectivity index (χ0v) is 11.2. The van der Waals surface area contributed by atoms with Crippen LogP contribution in [0.15, 0.2) is 24.3 Å². The van der Waals surface area contributed by atoms with Gasteiger partial charge in [-0.15, -0.1) is 13.2 Å². The molecule has 1 saturated heterocycles. The lowest BCUT2D eigenvalue weighted by Crippen LogP contribution is -2.26. The third kappa shape index (κ3) is 5.02. The van der Waals surface area contributed by atoms with Crippen molar-refractivity contribution in [3.63, 3.8) is 0 Å². The molecule has 0 unspecified atom stereocenters. The van der Waals surface area contributed by atoms with E-state index < -0.39 is 6.36 Å². The summed E-state index contributed by atoms with van der Waals surface area (Å²) in [6.07, 6.45) is -1.57. The van der Waals surface area contributed by atoms with Gasteiger partial charge in [-0.1, -0.05) is 12.1 Å². The Morgan fingerprint density at radius 1 is 1.15 bits per heavy atom. The minimum atomic E-state index is -4.64. The first-order chi connectivity index (χ1) is 9.42. The summed E-state index contributed by atoms with van der Waals surface area (Å²) in [6.45, 7) is 2.65. The van der Waals surface area contributed by atoms with E-state index in [2.05, 4.69) is 9.64 Å². The SMILES string of the molecule is N[C@H]1CCCN(Cc2ccc(OC(F)(F)F)cc2)CC1. The van der Waals surface area contributed by atoms with Gasteiger partial charge < -0.3 is 10.5 Å². The quantitative estimate of drug-likeness (QED) is 0.929. The Hall–Kier alpha value is -1.27. The number of hydrogen-bond donors (Lipinski definition) is 1. The Balaban J connectivity index is 1.90. The van der Waals surface area contributed by atoms with Crippen molar-refractivity contribution in [3.05, 3.63) is 29.8 Å². The van der Waals surface area contributed by atoms with Gasteiger partial charge in [0.15, 0.2) is 0 Å². The van der Waals surface area contributed by atoms with E-state index in [9.17, 15) is 13.2 Å². The smallest absolute Gasteiger partial charge is 0.406 e. The topological polar surface area (TPSA) is 38.5 Å². The highest BCUT2D eigenvalue weighted by atomic mass is 19.4. The van der Waals surface area contributed by atoms with Crippen LogP contribution in [0.2, 0.25) is 0 Å². The van der Waals surface area contributed by atoms with Gasteiger partial charge in [0.1, 0.15) is 5.75 Å². The normalized spacial score (nSPS) is 21.5. The van der Waals surface area contributed by atoms with Gasteiger partial charge in [0.2, 0.25) is 0 Å². The molecule has 2 rings (SSSR count). The zero-order chi connectivity index (χ0) is 14.6. The highest BCUT2D eigenvalue weighted by Crippen LogP contribution is 2.23. The Morgan fingerprint density at radius 3 is 2.50 bits per heavy atom. The molecular weight excluding hydrogens is 269 g/mol. The van der Waals surface area contributed by atoms with Crippen LogP contribution in [0, 0.1) is 0 Å². The maximum Gasteiger partial charge on any atom is 0.573 e. The van der Waals surface area contributed by atoms with Crippen molar-refractivity contribution in [2.24, 2.45) is 5.73 Å². The lowest BCUT2D eigenvalue weighted by atomic mass is 10.1. The Morgan fingerprint density at radius 2 is 1.85 bits per heavy atom. The molecule has 0 saturated carbocycles. The van der Waals surface area contributed by atoms with Crippen LogP contribution in [0.4, 0.5) is 13.2 Å². The summed E-state index contributed by atoms with van der Waals surface area (Å²) in [5.74, 6) is -0.181. The monoisotopic (exact) mass is 288 g/mol. The fourth-order valence-corrected chi connectivity index (χ4v) is 2.39. The first kappa shape index (κ1) is 15.1. The van der Waals surface area contributed by atoms with Crippen LogP contribution in [0.3, 0.4) is 0 Å². The molecule has 1 fully saturated rings. The van der Waals surface area contributed by atoms with E-state index in [1.54, 1.807) is 12.1 Å². The van der Waals surface area contributed by atoms with Crippen molar-refractivity contribution in [1.82, 2.24) is 4.90 Å². The summed E-state index contributed by atoms with van der Waals surface area (Å²) < 4.78 is 40.0. The number of benzene rings is 1. The second-order valence-electron chi connectivity index (χ2n) is 5.16. The van der Waals surface area contributed by atoms with Crippen LogP contribution in [0.5, 0.6) is 5.75 Å². The average molecular weight is 288 g/mol. The van der Waals surface area contributed by atoms with Gasteiger partial charge in [-0.25, -0.2) is 0 Å². The van der Waals surface area contributed by atoms with Gasteiger partial charge in [0, 0.05) is 12.6 Å². The van der Waals surface area contributed by atoms with Gasteiger partial charge >= 0.3 is 6.36 Å².